The van der Waals surface area contributed by atoms with Crippen molar-refractivity contribution in [3.05, 3.63) is 46.5 Å². The maximum absolute atomic E-state index is 5.32. The van der Waals surface area contributed by atoms with Gasteiger partial charge in [-0.3, -0.25) is 10.4 Å². The second kappa shape index (κ2) is 5.10. The summed E-state index contributed by atoms with van der Waals surface area (Å²) in [6.07, 6.45) is 0. The van der Waals surface area contributed by atoms with E-state index < -0.39 is 0 Å². The average Bonchev–Trinajstić information content (AvgIpc) is 2.91. The number of aryl methyl sites for hydroxylation is 2. The zero-order valence-electron chi connectivity index (χ0n) is 12.5. The van der Waals surface area contributed by atoms with Crippen LogP contribution in [0, 0.1) is 18.6 Å². The van der Waals surface area contributed by atoms with Gasteiger partial charge in [-0.1, -0.05) is 12.1 Å². The topological polar surface area (TPSA) is 83.8 Å². The summed E-state index contributed by atoms with van der Waals surface area (Å²) in [5.74, 6) is 1.00. The quantitative estimate of drug-likeness (QED) is 0.552. The molecule has 0 aliphatic carbocycles. The molecule has 0 radical (unpaired) electrons. The van der Waals surface area contributed by atoms with Crippen LogP contribution in [-0.4, -0.2) is 29.5 Å². The number of nitrogens with one attached hydrogen (secondary N) is 2. The number of nitrogens with zero attached hydrogens (tertiary/aromatic N) is 5. The van der Waals surface area contributed by atoms with Gasteiger partial charge in [-0.15, -0.1) is 0 Å². The minimum absolute atomic E-state index is 0.417. The molecule has 1 aromatic carbocycles. The first-order valence-electron chi connectivity index (χ1n) is 7.07. The van der Waals surface area contributed by atoms with Crippen molar-refractivity contribution >= 4 is 40.7 Å². The number of H-pyrrole nitrogens is 1. The van der Waals surface area contributed by atoms with Gasteiger partial charge in [0, 0.05) is 16.8 Å². The van der Waals surface area contributed by atoms with Crippen LogP contribution in [0.5, 0.6) is 0 Å². The molecule has 3 heterocycles. The van der Waals surface area contributed by atoms with E-state index in [4.69, 9.17) is 12.2 Å². The number of aromatic nitrogens is 6. The summed E-state index contributed by atoms with van der Waals surface area (Å²) in [6, 6.07) is 9.67. The van der Waals surface area contributed by atoms with E-state index in [0.29, 0.717) is 22.3 Å². The average molecular weight is 323 g/mol. The molecule has 4 aromatic rings. The van der Waals surface area contributed by atoms with Gasteiger partial charge in [-0.2, -0.15) is 4.98 Å². The Balaban J connectivity index is 1.87. The smallest absolute Gasteiger partial charge is 0.230 e. The van der Waals surface area contributed by atoms with E-state index in [1.165, 1.54) is 0 Å². The van der Waals surface area contributed by atoms with E-state index in [9.17, 15) is 0 Å². The van der Waals surface area contributed by atoms with Crippen molar-refractivity contribution in [1.29, 1.82) is 0 Å². The van der Waals surface area contributed by atoms with Crippen molar-refractivity contribution in [3.63, 3.8) is 0 Å². The number of hydrogen-bond acceptors (Lipinski definition) is 6. The lowest BCUT2D eigenvalue weighted by Gasteiger charge is -2.02. The van der Waals surface area contributed by atoms with Gasteiger partial charge in [0.25, 0.3) is 0 Å². The Bertz CT molecular complexity index is 1080. The van der Waals surface area contributed by atoms with Crippen LogP contribution in [0.15, 0.2) is 30.3 Å². The Hall–Kier alpha value is -2.87. The second-order valence-electron chi connectivity index (χ2n) is 5.24. The van der Waals surface area contributed by atoms with Gasteiger partial charge in [-0.05, 0) is 44.3 Å². The Kier molecular flexibility index (Phi) is 3.05. The van der Waals surface area contributed by atoms with Crippen LogP contribution in [0.1, 0.15) is 11.4 Å². The molecule has 0 aliphatic heterocycles. The number of hydrogen-bond donors (Lipinski definition) is 2. The molecule has 114 valence electrons. The molecule has 4 rings (SSSR count). The molecule has 0 spiro atoms. The number of para-hydroxylation sites is 1. The molecule has 8 heteroatoms. The molecule has 0 saturated carbocycles. The van der Waals surface area contributed by atoms with Crippen molar-refractivity contribution in [2.45, 2.75) is 13.8 Å². The molecule has 3 aromatic heterocycles. The van der Waals surface area contributed by atoms with Crippen molar-refractivity contribution < 1.29 is 0 Å². The summed E-state index contributed by atoms with van der Waals surface area (Å²) in [5, 5.41) is 7.10. The van der Waals surface area contributed by atoms with Crippen LogP contribution in [0.4, 0.5) is 11.9 Å². The van der Waals surface area contributed by atoms with Crippen LogP contribution in [0.25, 0.3) is 16.6 Å². The lowest BCUT2D eigenvalue weighted by Crippen LogP contribution is -2.01. The first kappa shape index (κ1) is 13.8. The van der Waals surface area contributed by atoms with Gasteiger partial charge >= 0.3 is 0 Å². The number of anilines is 2. The molecule has 0 saturated heterocycles. The van der Waals surface area contributed by atoms with Gasteiger partial charge in [0.05, 0.1) is 5.52 Å². The Morgan fingerprint density at radius 3 is 2.57 bits per heavy atom. The Morgan fingerprint density at radius 2 is 1.78 bits per heavy atom. The highest BCUT2D eigenvalue weighted by molar-refractivity contribution is 7.71. The summed E-state index contributed by atoms with van der Waals surface area (Å²) >= 11 is 5.32. The maximum Gasteiger partial charge on any atom is 0.230 e. The number of benzene rings is 1. The van der Waals surface area contributed by atoms with Crippen molar-refractivity contribution in [2.24, 2.45) is 0 Å². The number of aromatic amines is 1. The minimum Gasteiger partial charge on any atom is -0.293 e. The third kappa shape index (κ3) is 2.42. The SMILES string of the molecule is Cc1cc(C)nc(Nc2nc3c4ccccc4nc(=S)n3[nH]2)n1. The summed E-state index contributed by atoms with van der Waals surface area (Å²) in [7, 11) is 0. The fraction of sp³-hybridized carbons (Fsp3) is 0.133. The van der Waals surface area contributed by atoms with E-state index in [2.05, 4.69) is 30.4 Å². The van der Waals surface area contributed by atoms with Crippen LogP contribution < -0.4 is 5.32 Å². The fourth-order valence-electron chi connectivity index (χ4n) is 2.52. The lowest BCUT2D eigenvalue weighted by atomic mass is 10.2. The monoisotopic (exact) mass is 323 g/mol. The summed E-state index contributed by atoms with van der Waals surface area (Å²) in [4.78, 5) is 17.7. The highest BCUT2D eigenvalue weighted by Crippen LogP contribution is 2.19. The molecule has 0 fully saturated rings. The van der Waals surface area contributed by atoms with E-state index >= 15 is 0 Å². The van der Waals surface area contributed by atoms with Crippen LogP contribution in [0.2, 0.25) is 0 Å². The van der Waals surface area contributed by atoms with Gasteiger partial charge in [0.1, 0.15) is 0 Å². The third-order valence-corrected chi connectivity index (χ3v) is 3.69. The molecule has 0 aliphatic rings. The number of fused-ring (bicyclic) bond motifs is 3. The van der Waals surface area contributed by atoms with E-state index in [-0.39, 0.29) is 0 Å². The minimum atomic E-state index is 0.417. The zero-order chi connectivity index (χ0) is 16.0. The van der Waals surface area contributed by atoms with Crippen molar-refractivity contribution in [3.8, 4) is 0 Å². The van der Waals surface area contributed by atoms with Crippen LogP contribution >= 0.6 is 12.2 Å². The number of rotatable bonds is 2. The van der Waals surface area contributed by atoms with Crippen molar-refractivity contribution in [1.82, 2.24) is 29.5 Å². The van der Waals surface area contributed by atoms with Gasteiger partial charge in [-0.25, -0.2) is 19.5 Å². The standard InChI is InChI=1S/C15H13N7S/c1-8-7-9(2)17-13(16-8)20-14-19-12-10-5-3-4-6-11(10)18-15(23)22(12)21-14/h3-7H,1-2H3,(H2,16,17,19,20,21). The third-order valence-electron chi connectivity index (χ3n) is 3.41. The Labute approximate surface area is 136 Å². The molecule has 0 bridgehead atoms. The predicted octanol–water partition coefficient (Wildman–Crippen LogP) is 3.09. The van der Waals surface area contributed by atoms with E-state index in [0.717, 1.165) is 22.3 Å². The second-order valence-corrected chi connectivity index (χ2v) is 5.61. The normalized spacial score (nSPS) is 11.2. The molecule has 23 heavy (non-hydrogen) atoms. The van der Waals surface area contributed by atoms with Crippen LogP contribution in [0.3, 0.4) is 0 Å². The Morgan fingerprint density at radius 1 is 1.04 bits per heavy atom. The van der Waals surface area contributed by atoms with Gasteiger partial charge < -0.3 is 0 Å². The molecule has 7 nitrogen and oxygen atoms in total. The first-order valence-corrected chi connectivity index (χ1v) is 7.48. The van der Waals surface area contributed by atoms with Gasteiger partial charge in [0.2, 0.25) is 16.7 Å². The predicted molar refractivity (Wildman–Crippen MR) is 90.5 cm³/mol. The largest absolute Gasteiger partial charge is 0.293 e. The molecule has 0 atom stereocenters. The first-order chi connectivity index (χ1) is 11.1. The van der Waals surface area contributed by atoms with Gasteiger partial charge in [0.15, 0.2) is 5.65 Å². The summed E-state index contributed by atoms with van der Waals surface area (Å²) in [5.41, 5.74) is 3.31. The lowest BCUT2D eigenvalue weighted by molar-refractivity contribution is 0.915. The summed E-state index contributed by atoms with van der Waals surface area (Å²) in [6.45, 7) is 3.85. The zero-order valence-corrected chi connectivity index (χ0v) is 13.3. The fourth-order valence-corrected chi connectivity index (χ4v) is 2.75. The molecule has 0 amide bonds. The molecule has 0 unspecified atom stereocenters. The summed E-state index contributed by atoms with van der Waals surface area (Å²) < 4.78 is 2.09. The molecular weight excluding hydrogens is 310 g/mol. The van der Waals surface area contributed by atoms with Crippen molar-refractivity contribution in [2.75, 3.05) is 5.32 Å². The highest BCUT2D eigenvalue weighted by atomic mass is 32.1. The highest BCUT2D eigenvalue weighted by Gasteiger charge is 2.09. The van der Waals surface area contributed by atoms with Crippen LogP contribution in [-0.2, 0) is 0 Å². The van der Waals surface area contributed by atoms with E-state index in [1.807, 2.05) is 44.2 Å². The maximum atomic E-state index is 5.32. The molecule has 2 N–H and O–H groups in total. The van der Waals surface area contributed by atoms with E-state index in [1.54, 1.807) is 4.52 Å². The molecular formula is C15H13N7S.